The average molecular weight is 295 g/mol. The van der Waals surface area contributed by atoms with E-state index in [1.807, 2.05) is 37.3 Å². The fourth-order valence-corrected chi connectivity index (χ4v) is 2.22. The van der Waals surface area contributed by atoms with Crippen molar-refractivity contribution < 1.29 is 4.74 Å². The van der Waals surface area contributed by atoms with Crippen LogP contribution in [0.25, 0.3) is 10.9 Å². The molecular formula is C16H13N3OS. The molecule has 0 bridgehead atoms. The zero-order chi connectivity index (χ0) is 14.8. The van der Waals surface area contributed by atoms with Crippen LogP contribution in [0.15, 0.2) is 48.7 Å². The fraction of sp³-hybridized carbons (Fsp3) is 0.0625. The molecule has 0 fully saturated rings. The Morgan fingerprint density at radius 3 is 2.81 bits per heavy atom. The van der Waals surface area contributed by atoms with Crippen molar-refractivity contribution in [1.29, 1.82) is 0 Å². The highest BCUT2D eigenvalue weighted by Crippen LogP contribution is 2.29. The number of thiocarbonyl (C=S) groups is 1. The Kier molecular flexibility index (Phi) is 3.50. The Bertz CT molecular complexity index is 833. The van der Waals surface area contributed by atoms with Crippen molar-refractivity contribution in [3.63, 3.8) is 0 Å². The first-order valence-corrected chi connectivity index (χ1v) is 6.85. The minimum absolute atomic E-state index is 0.252. The van der Waals surface area contributed by atoms with Crippen molar-refractivity contribution in [2.75, 3.05) is 0 Å². The normalized spacial score (nSPS) is 10.5. The third-order valence-corrected chi connectivity index (χ3v) is 3.29. The lowest BCUT2D eigenvalue weighted by Gasteiger charge is -2.10. The lowest BCUT2D eigenvalue weighted by Crippen LogP contribution is -2.11. The maximum atomic E-state index is 5.90. The number of nitrogens with zero attached hydrogens (tertiary/aromatic N) is 2. The standard InChI is InChI=1S/C16H13N3OS/c1-10-7-8-11-4-2-6-13(14(11)19-10)20-16-12(15(17)21)5-3-9-18-16/h2-9H,1H3,(H2,17,21). The first-order chi connectivity index (χ1) is 10.1. The van der Waals surface area contributed by atoms with Crippen LogP contribution in [0.3, 0.4) is 0 Å². The zero-order valence-corrected chi connectivity index (χ0v) is 12.2. The van der Waals surface area contributed by atoms with E-state index in [9.17, 15) is 0 Å². The molecule has 3 aromatic rings. The summed E-state index contributed by atoms with van der Waals surface area (Å²) in [7, 11) is 0. The predicted octanol–water partition coefficient (Wildman–Crippen LogP) is 3.36. The quantitative estimate of drug-likeness (QED) is 0.751. The molecule has 4 nitrogen and oxygen atoms in total. The number of rotatable bonds is 3. The average Bonchev–Trinajstić information content (AvgIpc) is 2.48. The number of fused-ring (bicyclic) bond motifs is 1. The molecule has 0 spiro atoms. The monoisotopic (exact) mass is 295 g/mol. The first-order valence-electron chi connectivity index (χ1n) is 6.44. The molecule has 1 aromatic carbocycles. The summed E-state index contributed by atoms with van der Waals surface area (Å²) >= 11 is 5.02. The third kappa shape index (κ3) is 2.68. The van der Waals surface area contributed by atoms with Crippen molar-refractivity contribution in [2.45, 2.75) is 6.92 Å². The molecule has 2 N–H and O–H groups in total. The Balaban J connectivity index is 2.11. The van der Waals surface area contributed by atoms with E-state index >= 15 is 0 Å². The molecule has 0 saturated heterocycles. The van der Waals surface area contributed by atoms with E-state index in [2.05, 4.69) is 9.97 Å². The van der Waals surface area contributed by atoms with E-state index in [0.29, 0.717) is 17.2 Å². The molecule has 0 aliphatic carbocycles. The van der Waals surface area contributed by atoms with Gasteiger partial charge in [-0.2, -0.15) is 0 Å². The Hall–Kier alpha value is -2.53. The van der Waals surface area contributed by atoms with Crippen molar-refractivity contribution in [2.24, 2.45) is 5.73 Å². The first kappa shape index (κ1) is 13.5. The minimum Gasteiger partial charge on any atom is -0.436 e. The summed E-state index contributed by atoms with van der Waals surface area (Å²) in [5.74, 6) is 1.02. The number of benzene rings is 1. The Morgan fingerprint density at radius 2 is 2.00 bits per heavy atom. The third-order valence-electron chi connectivity index (χ3n) is 3.07. The number of pyridine rings is 2. The fourth-order valence-electron chi connectivity index (χ4n) is 2.06. The number of aromatic nitrogens is 2. The summed E-state index contributed by atoms with van der Waals surface area (Å²) in [5.41, 5.74) is 8.02. The molecule has 0 aliphatic rings. The highest BCUT2D eigenvalue weighted by molar-refractivity contribution is 7.80. The lowest BCUT2D eigenvalue weighted by atomic mass is 10.2. The molecule has 0 saturated carbocycles. The van der Waals surface area contributed by atoms with Gasteiger partial charge in [0.1, 0.15) is 10.5 Å². The number of nitrogens with two attached hydrogens (primary N) is 1. The van der Waals surface area contributed by atoms with Gasteiger partial charge in [0, 0.05) is 17.3 Å². The van der Waals surface area contributed by atoms with E-state index in [1.54, 1.807) is 18.3 Å². The van der Waals surface area contributed by atoms with Gasteiger partial charge in [0.25, 0.3) is 0 Å². The molecule has 0 radical (unpaired) electrons. The van der Waals surface area contributed by atoms with Gasteiger partial charge in [0.05, 0.1) is 5.56 Å². The highest BCUT2D eigenvalue weighted by Gasteiger charge is 2.11. The second kappa shape index (κ2) is 5.46. The van der Waals surface area contributed by atoms with E-state index in [4.69, 9.17) is 22.7 Å². The van der Waals surface area contributed by atoms with Crippen LogP contribution in [0.4, 0.5) is 0 Å². The number of hydrogen-bond acceptors (Lipinski definition) is 4. The largest absolute Gasteiger partial charge is 0.436 e. The van der Waals surface area contributed by atoms with E-state index in [0.717, 1.165) is 16.6 Å². The van der Waals surface area contributed by atoms with Crippen LogP contribution in [0.2, 0.25) is 0 Å². The molecule has 21 heavy (non-hydrogen) atoms. The van der Waals surface area contributed by atoms with Gasteiger partial charge in [0.2, 0.25) is 5.88 Å². The molecule has 0 atom stereocenters. The molecule has 2 aromatic heterocycles. The van der Waals surface area contributed by atoms with Crippen LogP contribution in [0.5, 0.6) is 11.6 Å². The van der Waals surface area contributed by atoms with Crippen LogP contribution in [0.1, 0.15) is 11.3 Å². The van der Waals surface area contributed by atoms with Crippen molar-refractivity contribution in [3.05, 3.63) is 59.9 Å². The van der Waals surface area contributed by atoms with Gasteiger partial charge >= 0.3 is 0 Å². The van der Waals surface area contributed by atoms with Crippen LogP contribution in [-0.4, -0.2) is 15.0 Å². The number of para-hydroxylation sites is 1. The summed E-state index contributed by atoms with van der Waals surface area (Å²) in [6.45, 7) is 1.94. The van der Waals surface area contributed by atoms with Crippen molar-refractivity contribution in [1.82, 2.24) is 9.97 Å². The van der Waals surface area contributed by atoms with Crippen LogP contribution >= 0.6 is 12.2 Å². The van der Waals surface area contributed by atoms with Crippen LogP contribution < -0.4 is 10.5 Å². The summed E-state index contributed by atoms with van der Waals surface area (Å²) in [4.78, 5) is 8.99. The molecular weight excluding hydrogens is 282 g/mol. The van der Waals surface area contributed by atoms with Gasteiger partial charge in [-0.05, 0) is 31.2 Å². The molecule has 0 unspecified atom stereocenters. The molecule has 5 heteroatoms. The van der Waals surface area contributed by atoms with Gasteiger partial charge < -0.3 is 10.5 Å². The van der Waals surface area contributed by atoms with E-state index in [-0.39, 0.29) is 4.99 Å². The van der Waals surface area contributed by atoms with Gasteiger partial charge in [-0.1, -0.05) is 30.4 Å². The minimum atomic E-state index is 0.252. The van der Waals surface area contributed by atoms with Crippen LogP contribution in [-0.2, 0) is 0 Å². The number of aryl methyl sites for hydroxylation is 1. The summed E-state index contributed by atoms with van der Waals surface area (Å²) < 4.78 is 5.90. The Morgan fingerprint density at radius 1 is 1.14 bits per heavy atom. The molecule has 0 amide bonds. The van der Waals surface area contributed by atoms with E-state index < -0.39 is 0 Å². The summed E-state index contributed by atoms with van der Waals surface area (Å²) in [6.07, 6.45) is 1.64. The highest BCUT2D eigenvalue weighted by atomic mass is 32.1. The number of hydrogen-bond donors (Lipinski definition) is 1. The number of ether oxygens (including phenoxy) is 1. The summed E-state index contributed by atoms with van der Waals surface area (Å²) in [5, 5.41) is 1.01. The second-order valence-electron chi connectivity index (χ2n) is 4.60. The van der Waals surface area contributed by atoms with E-state index in [1.165, 1.54) is 0 Å². The Labute approximate surface area is 127 Å². The van der Waals surface area contributed by atoms with Gasteiger partial charge in [-0.15, -0.1) is 0 Å². The zero-order valence-electron chi connectivity index (χ0n) is 11.4. The summed E-state index contributed by atoms with van der Waals surface area (Å²) in [6, 6.07) is 13.3. The van der Waals surface area contributed by atoms with Gasteiger partial charge in [-0.3, -0.25) is 0 Å². The lowest BCUT2D eigenvalue weighted by molar-refractivity contribution is 0.466. The van der Waals surface area contributed by atoms with Crippen LogP contribution in [0, 0.1) is 6.92 Å². The van der Waals surface area contributed by atoms with Crippen molar-refractivity contribution in [3.8, 4) is 11.6 Å². The molecule has 0 aliphatic heterocycles. The van der Waals surface area contributed by atoms with Gasteiger partial charge in [0.15, 0.2) is 5.75 Å². The molecule has 2 heterocycles. The topological polar surface area (TPSA) is 61.0 Å². The van der Waals surface area contributed by atoms with Crippen molar-refractivity contribution >= 4 is 28.1 Å². The SMILES string of the molecule is Cc1ccc2cccc(Oc3ncccc3C(N)=S)c2n1. The van der Waals surface area contributed by atoms with Gasteiger partial charge in [-0.25, -0.2) is 9.97 Å². The predicted molar refractivity (Wildman–Crippen MR) is 86.7 cm³/mol. The maximum absolute atomic E-state index is 5.90. The second-order valence-corrected chi connectivity index (χ2v) is 5.04. The smallest absolute Gasteiger partial charge is 0.229 e. The molecule has 3 rings (SSSR count). The molecule has 104 valence electrons. The maximum Gasteiger partial charge on any atom is 0.229 e.